The zero-order valence-electron chi connectivity index (χ0n) is 16.2. The smallest absolute Gasteiger partial charge is 0.238 e. The predicted molar refractivity (Wildman–Crippen MR) is 107 cm³/mol. The summed E-state index contributed by atoms with van der Waals surface area (Å²) in [5.41, 5.74) is 10.9. The molecule has 0 aromatic heterocycles. The van der Waals surface area contributed by atoms with Gasteiger partial charge in [0, 0.05) is 12.2 Å². The van der Waals surface area contributed by atoms with Crippen LogP contribution in [0.4, 0.5) is 5.69 Å². The Labute approximate surface area is 160 Å². The number of nitrogens with one attached hydrogen (secondary N) is 1. The van der Waals surface area contributed by atoms with Crippen molar-refractivity contribution in [3.8, 4) is 0 Å². The number of hydrogen-bond donors (Lipinski definition) is 2. The average Bonchev–Trinajstić information content (AvgIpc) is 2.62. The van der Waals surface area contributed by atoms with Crippen LogP contribution in [0.2, 0.25) is 0 Å². The Bertz CT molecular complexity index is 860. The lowest BCUT2D eigenvalue weighted by Gasteiger charge is -2.34. The Hall–Kier alpha value is -2.66. The number of aryl methyl sites for hydroxylation is 1. The second-order valence-corrected chi connectivity index (χ2v) is 7.54. The van der Waals surface area contributed by atoms with Crippen molar-refractivity contribution < 1.29 is 9.59 Å². The molecule has 0 saturated heterocycles. The van der Waals surface area contributed by atoms with Crippen molar-refractivity contribution in [1.82, 2.24) is 4.90 Å². The third-order valence-corrected chi connectivity index (χ3v) is 5.21. The second kappa shape index (κ2) is 7.92. The van der Waals surface area contributed by atoms with Gasteiger partial charge in [0.25, 0.3) is 0 Å². The van der Waals surface area contributed by atoms with Crippen LogP contribution in [0, 0.1) is 6.92 Å². The van der Waals surface area contributed by atoms with E-state index in [9.17, 15) is 9.59 Å². The number of hydrogen-bond acceptors (Lipinski definition) is 3. The van der Waals surface area contributed by atoms with E-state index in [0.29, 0.717) is 18.9 Å². The van der Waals surface area contributed by atoms with Gasteiger partial charge in [-0.2, -0.15) is 0 Å². The Morgan fingerprint density at radius 2 is 1.85 bits per heavy atom. The first-order valence-corrected chi connectivity index (χ1v) is 9.36. The molecule has 3 rings (SSSR count). The van der Waals surface area contributed by atoms with E-state index in [4.69, 9.17) is 5.73 Å². The van der Waals surface area contributed by atoms with Gasteiger partial charge in [0.2, 0.25) is 11.8 Å². The monoisotopic (exact) mass is 365 g/mol. The van der Waals surface area contributed by atoms with Crippen molar-refractivity contribution in [3.05, 3.63) is 64.7 Å². The van der Waals surface area contributed by atoms with Gasteiger partial charge in [0.15, 0.2) is 0 Å². The molecule has 142 valence electrons. The molecule has 1 aliphatic rings. The summed E-state index contributed by atoms with van der Waals surface area (Å²) < 4.78 is 0. The van der Waals surface area contributed by atoms with Crippen LogP contribution in [0.15, 0.2) is 42.5 Å². The maximum absolute atomic E-state index is 12.8. The maximum Gasteiger partial charge on any atom is 0.238 e. The molecule has 5 nitrogen and oxygen atoms in total. The Morgan fingerprint density at radius 1 is 1.15 bits per heavy atom. The first-order valence-electron chi connectivity index (χ1n) is 9.36. The van der Waals surface area contributed by atoms with Gasteiger partial charge in [-0.1, -0.05) is 56.3 Å². The van der Waals surface area contributed by atoms with Crippen LogP contribution >= 0.6 is 0 Å². The largest absolute Gasteiger partial charge is 0.368 e. The summed E-state index contributed by atoms with van der Waals surface area (Å²) >= 11 is 0. The van der Waals surface area contributed by atoms with Crippen LogP contribution in [0.3, 0.4) is 0 Å². The minimum atomic E-state index is -0.466. The third-order valence-electron chi connectivity index (χ3n) is 5.21. The summed E-state index contributed by atoms with van der Waals surface area (Å²) in [4.78, 5) is 26.6. The lowest BCUT2D eigenvalue weighted by Crippen LogP contribution is -2.51. The second-order valence-electron chi connectivity index (χ2n) is 7.54. The van der Waals surface area contributed by atoms with E-state index in [0.717, 1.165) is 27.9 Å². The van der Waals surface area contributed by atoms with E-state index in [1.54, 1.807) is 0 Å². The van der Waals surface area contributed by atoms with Crippen molar-refractivity contribution in [2.45, 2.75) is 45.7 Å². The molecule has 1 atom stereocenters. The number of fused-ring (bicyclic) bond motifs is 1. The molecule has 0 aliphatic carbocycles. The zero-order chi connectivity index (χ0) is 19.6. The molecule has 5 heteroatoms. The van der Waals surface area contributed by atoms with E-state index >= 15 is 0 Å². The minimum Gasteiger partial charge on any atom is -0.368 e. The van der Waals surface area contributed by atoms with E-state index in [1.807, 2.05) is 54.3 Å². The molecule has 2 aromatic carbocycles. The molecule has 0 radical (unpaired) electrons. The minimum absolute atomic E-state index is 0.128. The van der Waals surface area contributed by atoms with E-state index in [-0.39, 0.29) is 12.5 Å². The van der Waals surface area contributed by atoms with Gasteiger partial charge in [0.05, 0.1) is 12.6 Å². The fourth-order valence-corrected chi connectivity index (χ4v) is 3.73. The highest BCUT2D eigenvalue weighted by Gasteiger charge is 2.31. The molecule has 27 heavy (non-hydrogen) atoms. The normalized spacial score (nSPS) is 16.8. The number of benzene rings is 2. The number of carbonyl (C=O) groups excluding carboxylic acids is 2. The number of nitrogens with zero attached hydrogens (tertiary/aromatic N) is 1. The Kier molecular flexibility index (Phi) is 5.61. The molecule has 2 aromatic rings. The fourth-order valence-electron chi connectivity index (χ4n) is 3.73. The van der Waals surface area contributed by atoms with Gasteiger partial charge >= 0.3 is 0 Å². The molecular weight excluding hydrogens is 338 g/mol. The topological polar surface area (TPSA) is 75.4 Å². The van der Waals surface area contributed by atoms with Crippen LogP contribution in [-0.4, -0.2) is 29.3 Å². The molecule has 0 bridgehead atoms. The molecule has 0 saturated carbocycles. The molecule has 0 fully saturated rings. The van der Waals surface area contributed by atoms with Crippen molar-refractivity contribution in [2.24, 2.45) is 5.73 Å². The van der Waals surface area contributed by atoms with Crippen LogP contribution in [0.25, 0.3) is 0 Å². The molecule has 0 spiro atoms. The van der Waals surface area contributed by atoms with Gasteiger partial charge in [-0.05, 0) is 41.5 Å². The quantitative estimate of drug-likeness (QED) is 0.855. The molecule has 2 amide bonds. The third kappa shape index (κ3) is 4.19. The van der Waals surface area contributed by atoms with Crippen LogP contribution in [0.5, 0.6) is 0 Å². The number of nitrogens with two attached hydrogens (primary N) is 1. The number of rotatable bonds is 5. The van der Waals surface area contributed by atoms with E-state index < -0.39 is 11.9 Å². The van der Waals surface area contributed by atoms with Gasteiger partial charge in [-0.3, -0.25) is 14.5 Å². The molecular formula is C22H27N3O2. The Balaban J connectivity index is 1.78. The van der Waals surface area contributed by atoms with Crippen molar-refractivity contribution in [3.63, 3.8) is 0 Å². The number of amides is 2. The molecule has 1 heterocycles. The van der Waals surface area contributed by atoms with Gasteiger partial charge in [0.1, 0.15) is 0 Å². The van der Waals surface area contributed by atoms with Crippen LogP contribution < -0.4 is 11.1 Å². The Morgan fingerprint density at radius 3 is 2.52 bits per heavy atom. The maximum atomic E-state index is 12.8. The van der Waals surface area contributed by atoms with E-state index in [1.165, 1.54) is 0 Å². The lowest BCUT2D eigenvalue weighted by atomic mass is 9.93. The first-order chi connectivity index (χ1) is 12.9. The molecule has 1 aliphatic heterocycles. The zero-order valence-corrected chi connectivity index (χ0v) is 16.2. The number of carbonyl (C=O) groups is 2. The summed E-state index contributed by atoms with van der Waals surface area (Å²) in [5, 5.41) is 3.06. The van der Waals surface area contributed by atoms with Crippen LogP contribution in [-0.2, 0) is 22.6 Å². The summed E-state index contributed by atoms with van der Waals surface area (Å²) in [6, 6.07) is 13.6. The number of primary amides is 1. The highest BCUT2D eigenvalue weighted by atomic mass is 16.2. The average molecular weight is 365 g/mol. The van der Waals surface area contributed by atoms with Gasteiger partial charge in [-0.15, -0.1) is 0 Å². The first kappa shape index (κ1) is 19.1. The summed E-state index contributed by atoms with van der Waals surface area (Å²) in [5.74, 6) is -0.215. The SMILES string of the molecule is Cc1cccc(C(C)C)c1NC(=O)CN1Cc2ccccc2C[C@H]1C(N)=O. The summed E-state index contributed by atoms with van der Waals surface area (Å²) in [6.45, 7) is 6.88. The lowest BCUT2D eigenvalue weighted by molar-refractivity contribution is -0.125. The van der Waals surface area contributed by atoms with Gasteiger partial charge < -0.3 is 11.1 Å². The van der Waals surface area contributed by atoms with E-state index in [2.05, 4.69) is 19.2 Å². The summed E-state index contributed by atoms with van der Waals surface area (Å²) in [7, 11) is 0. The van der Waals surface area contributed by atoms with Crippen molar-refractivity contribution >= 4 is 17.5 Å². The van der Waals surface area contributed by atoms with Gasteiger partial charge in [-0.25, -0.2) is 0 Å². The number of anilines is 1. The highest BCUT2D eigenvalue weighted by molar-refractivity contribution is 5.94. The summed E-state index contributed by atoms with van der Waals surface area (Å²) in [6.07, 6.45) is 0.542. The molecule has 3 N–H and O–H groups in total. The number of para-hydroxylation sites is 1. The highest BCUT2D eigenvalue weighted by Crippen LogP contribution is 2.28. The predicted octanol–water partition coefficient (Wildman–Crippen LogP) is 2.97. The van der Waals surface area contributed by atoms with Crippen LogP contribution in [0.1, 0.15) is 42.0 Å². The standard InChI is InChI=1S/C22H27N3O2/c1-14(2)18-10-6-7-15(3)21(18)24-20(26)13-25-12-17-9-5-4-8-16(17)11-19(25)22(23)27/h4-10,14,19H,11-13H2,1-3H3,(H2,23,27)(H,24,26)/t19-/m0/s1. The van der Waals surface area contributed by atoms with Crippen molar-refractivity contribution in [1.29, 1.82) is 0 Å². The molecule has 0 unspecified atom stereocenters. The van der Waals surface area contributed by atoms with Crippen molar-refractivity contribution in [2.75, 3.05) is 11.9 Å². The fraction of sp³-hybridized carbons (Fsp3) is 0.364.